The molecule has 0 radical (unpaired) electrons. The number of hydrogen-bond donors (Lipinski definition) is 1. The van der Waals surface area contributed by atoms with E-state index in [4.69, 9.17) is 0 Å². The second-order valence-corrected chi connectivity index (χ2v) is 2.04. The van der Waals surface area contributed by atoms with E-state index in [1.807, 2.05) is 5.10 Å². The van der Waals surface area contributed by atoms with E-state index in [1.165, 1.54) is 0 Å². The van der Waals surface area contributed by atoms with E-state index in [9.17, 15) is 13.2 Å². The van der Waals surface area contributed by atoms with Crippen LogP contribution >= 0.6 is 0 Å². The van der Waals surface area contributed by atoms with Crippen molar-refractivity contribution in [3.05, 3.63) is 11.9 Å². The van der Waals surface area contributed by atoms with Gasteiger partial charge in [0.15, 0.2) is 11.4 Å². The van der Waals surface area contributed by atoms with Crippen molar-refractivity contribution in [2.24, 2.45) is 0 Å². The fraction of sp³-hybridized carbons (Fsp3) is 0.500. The summed E-state index contributed by atoms with van der Waals surface area (Å²) in [4.78, 5) is 0. The number of alkyl halides is 3. The molecule has 0 aliphatic rings. The smallest absolute Gasteiger partial charge is 0.436 e. The van der Waals surface area contributed by atoms with Crippen LogP contribution in [0.4, 0.5) is 13.2 Å². The number of ether oxygens (including phenoxy) is 1. The lowest BCUT2D eigenvalue weighted by atomic mass is 10.4. The van der Waals surface area contributed by atoms with Gasteiger partial charge in [0.1, 0.15) is 0 Å². The quantitative estimate of drug-likeness (QED) is 0.753. The van der Waals surface area contributed by atoms with Crippen molar-refractivity contribution in [1.82, 2.24) is 10.2 Å². The lowest BCUT2D eigenvalue weighted by molar-refractivity contribution is -0.142. The molecule has 1 N–H and O–H groups in total. The Hall–Kier alpha value is -1.20. The molecule has 0 atom stereocenters. The van der Waals surface area contributed by atoms with Crippen LogP contribution in [0.25, 0.3) is 0 Å². The Morgan fingerprint density at radius 2 is 2.25 bits per heavy atom. The summed E-state index contributed by atoms with van der Waals surface area (Å²) in [6.45, 7) is 1.79. The van der Waals surface area contributed by atoms with Gasteiger partial charge in [0.25, 0.3) is 0 Å². The van der Waals surface area contributed by atoms with Gasteiger partial charge in [-0.1, -0.05) is 0 Å². The summed E-state index contributed by atoms with van der Waals surface area (Å²) in [5.41, 5.74) is -0.940. The third-order valence-electron chi connectivity index (χ3n) is 1.19. The SMILES string of the molecule is CCOc1cn[nH]c1C(F)(F)F. The van der Waals surface area contributed by atoms with Crippen LogP contribution in [0.2, 0.25) is 0 Å². The molecule has 0 amide bonds. The molecule has 0 aromatic carbocycles. The van der Waals surface area contributed by atoms with Crippen LogP contribution in [0, 0.1) is 0 Å². The molecule has 0 bridgehead atoms. The van der Waals surface area contributed by atoms with Crippen molar-refractivity contribution < 1.29 is 17.9 Å². The van der Waals surface area contributed by atoms with Crippen molar-refractivity contribution in [2.45, 2.75) is 13.1 Å². The van der Waals surface area contributed by atoms with Gasteiger partial charge in [0, 0.05) is 0 Å². The van der Waals surface area contributed by atoms with Crippen LogP contribution in [0.1, 0.15) is 12.6 Å². The maximum Gasteiger partial charge on any atom is 0.436 e. The van der Waals surface area contributed by atoms with Crippen LogP contribution in [0.5, 0.6) is 5.75 Å². The average Bonchev–Trinajstić information content (AvgIpc) is 2.34. The molecule has 1 aromatic rings. The highest BCUT2D eigenvalue weighted by Gasteiger charge is 2.36. The summed E-state index contributed by atoms with van der Waals surface area (Å²) < 4.78 is 40.9. The number of aromatic nitrogens is 2. The van der Waals surface area contributed by atoms with E-state index >= 15 is 0 Å². The number of aromatic amines is 1. The van der Waals surface area contributed by atoms with E-state index < -0.39 is 11.9 Å². The first-order chi connectivity index (χ1) is 5.55. The minimum absolute atomic E-state index is 0.183. The first-order valence-electron chi connectivity index (χ1n) is 3.29. The van der Waals surface area contributed by atoms with Gasteiger partial charge >= 0.3 is 6.18 Å². The zero-order valence-electron chi connectivity index (χ0n) is 6.27. The van der Waals surface area contributed by atoms with Crippen LogP contribution in [-0.4, -0.2) is 16.8 Å². The predicted octanol–water partition coefficient (Wildman–Crippen LogP) is 1.83. The number of halogens is 3. The minimum atomic E-state index is -4.43. The zero-order valence-corrected chi connectivity index (χ0v) is 6.27. The van der Waals surface area contributed by atoms with E-state index in [0.29, 0.717) is 0 Å². The largest absolute Gasteiger partial charge is 0.490 e. The first kappa shape index (κ1) is 8.89. The topological polar surface area (TPSA) is 37.9 Å². The van der Waals surface area contributed by atoms with Crippen molar-refractivity contribution in [3.63, 3.8) is 0 Å². The maximum absolute atomic E-state index is 12.1. The van der Waals surface area contributed by atoms with Gasteiger partial charge in [-0.2, -0.15) is 18.3 Å². The summed E-state index contributed by atoms with van der Waals surface area (Å²) in [7, 11) is 0. The van der Waals surface area contributed by atoms with Gasteiger partial charge in [0.05, 0.1) is 12.8 Å². The molecule has 1 heterocycles. The van der Waals surface area contributed by atoms with Gasteiger partial charge in [0.2, 0.25) is 0 Å². The summed E-state index contributed by atoms with van der Waals surface area (Å²) in [6.07, 6.45) is -3.42. The third kappa shape index (κ3) is 1.69. The summed E-state index contributed by atoms with van der Waals surface area (Å²) in [5, 5.41) is 5.07. The Morgan fingerprint density at radius 1 is 1.58 bits per heavy atom. The molecular formula is C6H7F3N2O. The van der Waals surface area contributed by atoms with Gasteiger partial charge in [-0.25, -0.2) is 0 Å². The van der Waals surface area contributed by atoms with E-state index in [0.717, 1.165) is 6.20 Å². The Labute approximate surface area is 66.5 Å². The van der Waals surface area contributed by atoms with E-state index in [1.54, 1.807) is 6.92 Å². The van der Waals surface area contributed by atoms with Crippen molar-refractivity contribution in [2.75, 3.05) is 6.61 Å². The summed E-state index contributed by atoms with van der Waals surface area (Å²) in [6, 6.07) is 0. The molecule has 0 fully saturated rings. The summed E-state index contributed by atoms with van der Waals surface area (Å²) in [5.74, 6) is -0.259. The Morgan fingerprint density at radius 3 is 2.75 bits per heavy atom. The molecule has 3 nitrogen and oxygen atoms in total. The second kappa shape index (κ2) is 3.04. The molecule has 6 heteroatoms. The molecule has 1 aromatic heterocycles. The zero-order chi connectivity index (χ0) is 9.19. The Kier molecular flexibility index (Phi) is 2.25. The lowest BCUT2D eigenvalue weighted by Gasteiger charge is -2.06. The molecule has 68 valence electrons. The molecule has 0 spiro atoms. The predicted molar refractivity (Wildman–Crippen MR) is 34.8 cm³/mol. The molecule has 0 saturated heterocycles. The van der Waals surface area contributed by atoms with E-state index in [2.05, 4.69) is 9.84 Å². The van der Waals surface area contributed by atoms with Crippen LogP contribution < -0.4 is 4.74 Å². The van der Waals surface area contributed by atoms with Crippen LogP contribution in [0.15, 0.2) is 6.20 Å². The standard InChI is InChI=1S/C6H7F3N2O/c1-2-12-4-3-10-11-5(4)6(7,8)9/h3H,2H2,1H3,(H,10,11). The maximum atomic E-state index is 12.1. The number of nitrogens with one attached hydrogen (secondary N) is 1. The first-order valence-corrected chi connectivity index (χ1v) is 3.29. The van der Waals surface area contributed by atoms with Crippen molar-refractivity contribution >= 4 is 0 Å². The monoisotopic (exact) mass is 180 g/mol. The lowest BCUT2D eigenvalue weighted by Crippen LogP contribution is -2.08. The van der Waals surface area contributed by atoms with Crippen molar-refractivity contribution in [1.29, 1.82) is 0 Å². The molecule has 0 saturated carbocycles. The second-order valence-electron chi connectivity index (χ2n) is 2.04. The number of rotatable bonds is 2. The third-order valence-corrected chi connectivity index (χ3v) is 1.19. The number of nitrogens with zero attached hydrogens (tertiary/aromatic N) is 1. The highest BCUT2D eigenvalue weighted by Crippen LogP contribution is 2.33. The highest BCUT2D eigenvalue weighted by molar-refractivity contribution is 5.26. The fourth-order valence-electron chi connectivity index (χ4n) is 0.743. The van der Waals surface area contributed by atoms with Gasteiger partial charge in [-0.3, -0.25) is 5.10 Å². The Bertz CT molecular complexity index is 256. The molecule has 12 heavy (non-hydrogen) atoms. The summed E-state index contributed by atoms with van der Waals surface area (Å²) >= 11 is 0. The average molecular weight is 180 g/mol. The van der Waals surface area contributed by atoms with Crippen LogP contribution in [-0.2, 0) is 6.18 Å². The fourth-order valence-corrected chi connectivity index (χ4v) is 0.743. The van der Waals surface area contributed by atoms with Gasteiger partial charge in [-0.05, 0) is 6.92 Å². The number of H-pyrrole nitrogens is 1. The normalized spacial score (nSPS) is 11.7. The highest BCUT2D eigenvalue weighted by atomic mass is 19.4. The van der Waals surface area contributed by atoms with Crippen molar-refractivity contribution in [3.8, 4) is 5.75 Å². The molecule has 1 rings (SSSR count). The molecule has 0 aliphatic carbocycles. The molecular weight excluding hydrogens is 173 g/mol. The van der Waals surface area contributed by atoms with Gasteiger partial charge < -0.3 is 4.74 Å². The minimum Gasteiger partial charge on any atom is -0.490 e. The molecule has 0 unspecified atom stereocenters. The molecule has 0 aliphatic heterocycles. The van der Waals surface area contributed by atoms with Gasteiger partial charge in [-0.15, -0.1) is 0 Å². The Balaban J connectivity index is 2.91. The number of hydrogen-bond acceptors (Lipinski definition) is 2. The van der Waals surface area contributed by atoms with E-state index in [-0.39, 0.29) is 12.4 Å². The van der Waals surface area contributed by atoms with Crippen LogP contribution in [0.3, 0.4) is 0 Å².